The SMILES string of the molecule is CC(O)CN(CCN(C)C(=O)OC(C)(C)C)C(=O)c1ccc(C(=O)NCc2ccc(Cl)cc2)c(=O)[nH]1. The van der Waals surface area contributed by atoms with E-state index in [0.29, 0.717) is 5.02 Å². The van der Waals surface area contributed by atoms with Gasteiger partial charge in [0.2, 0.25) is 0 Å². The number of carbonyl (C=O) groups excluding carboxylic acids is 3. The lowest BCUT2D eigenvalue weighted by atomic mass is 10.2. The molecule has 0 aliphatic carbocycles. The molecule has 196 valence electrons. The second kappa shape index (κ2) is 12.5. The Balaban J connectivity index is 2.08. The van der Waals surface area contributed by atoms with E-state index < -0.39 is 35.2 Å². The fourth-order valence-electron chi connectivity index (χ4n) is 3.12. The number of aromatic nitrogens is 1. The van der Waals surface area contributed by atoms with Crippen molar-refractivity contribution in [3.05, 3.63) is 68.6 Å². The Morgan fingerprint density at radius 1 is 1.11 bits per heavy atom. The number of carbonyl (C=O) groups is 3. The number of aliphatic hydroxyl groups is 1. The Bertz CT molecular complexity index is 1120. The highest BCUT2D eigenvalue weighted by Crippen LogP contribution is 2.11. The van der Waals surface area contributed by atoms with E-state index in [1.165, 1.54) is 28.9 Å². The summed E-state index contributed by atoms with van der Waals surface area (Å²) in [6, 6.07) is 9.52. The van der Waals surface area contributed by atoms with Gasteiger partial charge in [0.05, 0.1) is 6.10 Å². The van der Waals surface area contributed by atoms with E-state index in [9.17, 15) is 24.3 Å². The third-order valence-electron chi connectivity index (χ3n) is 4.93. The Hall–Kier alpha value is -3.37. The molecule has 0 saturated carbocycles. The molecule has 0 radical (unpaired) electrons. The van der Waals surface area contributed by atoms with Crippen LogP contribution < -0.4 is 10.9 Å². The van der Waals surface area contributed by atoms with E-state index >= 15 is 0 Å². The second-order valence-corrected chi connectivity index (χ2v) is 9.86. The van der Waals surface area contributed by atoms with Crippen molar-refractivity contribution in [1.82, 2.24) is 20.1 Å². The summed E-state index contributed by atoms with van der Waals surface area (Å²) in [5, 5.41) is 13.1. The zero-order valence-electron chi connectivity index (χ0n) is 21.1. The number of hydrogen-bond acceptors (Lipinski definition) is 6. The highest BCUT2D eigenvalue weighted by atomic mass is 35.5. The number of H-pyrrole nitrogens is 1. The average Bonchev–Trinajstić information content (AvgIpc) is 2.79. The normalized spacial score (nSPS) is 12.0. The lowest BCUT2D eigenvalue weighted by Crippen LogP contribution is -2.44. The summed E-state index contributed by atoms with van der Waals surface area (Å²) in [5.74, 6) is -1.15. The van der Waals surface area contributed by atoms with Crippen molar-refractivity contribution < 1.29 is 24.2 Å². The molecule has 1 aromatic heterocycles. The van der Waals surface area contributed by atoms with Crippen LogP contribution in [0.3, 0.4) is 0 Å². The van der Waals surface area contributed by atoms with Gasteiger partial charge in [-0.15, -0.1) is 0 Å². The van der Waals surface area contributed by atoms with E-state index in [1.54, 1.807) is 52.1 Å². The predicted octanol–water partition coefficient (Wildman–Crippen LogP) is 2.65. The Kier molecular flexibility index (Phi) is 10.1. The number of amides is 3. The molecule has 2 rings (SSSR count). The first-order chi connectivity index (χ1) is 16.8. The first-order valence-corrected chi connectivity index (χ1v) is 11.8. The number of nitrogens with zero attached hydrogens (tertiary/aromatic N) is 2. The molecule has 0 aliphatic heterocycles. The lowest BCUT2D eigenvalue weighted by Gasteiger charge is -2.28. The molecular formula is C25H33ClN4O6. The quantitative estimate of drug-likeness (QED) is 0.465. The van der Waals surface area contributed by atoms with Crippen molar-refractivity contribution in [2.24, 2.45) is 0 Å². The van der Waals surface area contributed by atoms with Crippen LogP contribution in [-0.4, -0.2) is 76.2 Å². The van der Waals surface area contributed by atoms with Crippen LogP contribution >= 0.6 is 11.6 Å². The summed E-state index contributed by atoms with van der Waals surface area (Å²) in [4.78, 5) is 55.4. The van der Waals surface area contributed by atoms with Crippen LogP contribution in [0.25, 0.3) is 0 Å². The number of pyridine rings is 1. The molecule has 11 heteroatoms. The van der Waals surface area contributed by atoms with Crippen LogP contribution in [0.5, 0.6) is 0 Å². The summed E-state index contributed by atoms with van der Waals surface area (Å²) in [6.45, 7) is 7.18. The third-order valence-corrected chi connectivity index (χ3v) is 5.19. The fraction of sp³-hybridized carbons (Fsp3) is 0.440. The Labute approximate surface area is 215 Å². The van der Waals surface area contributed by atoms with Crippen molar-refractivity contribution in [3.8, 4) is 0 Å². The van der Waals surface area contributed by atoms with Crippen LogP contribution in [0.1, 0.15) is 54.1 Å². The highest BCUT2D eigenvalue weighted by Gasteiger charge is 2.23. The van der Waals surface area contributed by atoms with Gasteiger partial charge < -0.3 is 29.9 Å². The topological polar surface area (TPSA) is 132 Å². The van der Waals surface area contributed by atoms with Crippen LogP contribution in [0.15, 0.2) is 41.2 Å². The Morgan fingerprint density at radius 2 is 1.75 bits per heavy atom. The number of aromatic amines is 1. The van der Waals surface area contributed by atoms with E-state index in [4.69, 9.17) is 16.3 Å². The maximum atomic E-state index is 13.1. The van der Waals surface area contributed by atoms with Crippen molar-refractivity contribution in [3.63, 3.8) is 0 Å². The number of rotatable bonds is 9. The molecule has 2 aromatic rings. The standard InChI is InChI=1S/C25H33ClN4O6/c1-16(31)15-30(13-12-29(5)24(35)36-25(2,3)4)23(34)20-11-10-19(22(33)28-20)21(32)27-14-17-6-8-18(26)9-7-17/h6-11,16,31H,12-15H2,1-5H3,(H,27,32)(H,28,33). The zero-order chi connectivity index (χ0) is 27.0. The minimum absolute atomic E-state index is 0.0215. The predicted molar refractivity (Wildman–Crippen MR) is 136 cm³/mol. The number of aliphatic hydroxyl groups excluding tert-OH is 1. The molecular weight excluding hydrogens is 488 g/mol. The monoisotopic (exact) mass is 520 g/mol. The number of nitrogens with one attached hydrogen (secondary N) is 2. The molecule has 0 saturated heterocycles. The molecule has 0 fully saturated rings. The van der Waals surface area contributed by atoms with E-state index in [1.807, 2.05) is 0 Å². The lowest BCUT2D eigenvalue weighted by molar-refractivity contribution is 0.0267. The third kappa shape index (κ3) is 9.01. The molecule has 1 aromatic carbocycles. The fourth-order valence-corrected chi connectivity index (χ4v) is 3.25. The molecule has 3 N–H and O–H groups in total. The van der Waals surface area contributed by atoms with Crippen molar-refractivity contribution in [2.75, 3.05) is 26.7 Å². The molecule has 0 aliphatic rings. The van der Waals surface area contributed by atoms with Crippen molar-refractivity contribution in [2.45, 2.75) is 45.9 Å². The van der Waals surface area contributed by atoms with E-state index in [2.05, 4.69) is 10.3 Å². The smallest absolute Gasteiger partial charge is 0.410 e. The summed E-state index contributed by atoms with van der Waals surface area (Å²) >= 11 is 5.85. The minimum atomic E-state index is -0.842. The zero-order valence-corrected chi connectivity index (χ0v) is 21.9. The molecule has 10 nitrogen and oxygen atoms in total. The van der Waals surface area contributed by atoms with Crippen LogP contribution in [0.4, 0.5) is 4.79 Å². The molecule has 0 spiro atoms. The molecule has 1 atom stereocenters. The van der Waals surface area contributed by atoms with Gasteiger partial charge in [0.1, 0.15) is 16.9 Å². The molecule has 36 heavy (non-hydrogen) atoms. The summed E-state index contributed by atoms with van der Waals surface area (Å²) in [5.41, 5.74) is -0.775. The summed E-state index contributed by atoms with van der Waals surface area (Å²) in [6.07, 6.45) is -1.39. The van der Waals surface area contributed by atoms with Gasteiger partial charge in [-0.3, -0.25) is 14.4 Å². The molecule has 0 bridgehead atoms. The summed E-state index contributed by atoms with van der Waals surface area (Å²) < 4.78 is 5.31. The highest BCUT2D eigenvalue weighted by molar-refractivity contribution is 6.30. The van der Waals surface area contributed by atoms with Crippen molar-refractivity contribution in [1.29, 1.82) is 0 Å². The molecule has 1 unspecified atom stereocenters. The maximum Gasteiger partial charge on any atom is 0.410 e. The number of hydrogen-bond donors (Lipinski definition) is 3. The summed E-state index contributed by atoms with van der Waals surface area (Å²) in [7, 11) is 1.54. The average molecular weight is 521 g/mol. The van der Waals surface area contributed by atoms with Crippen LogP contribution in [-0.2, 0) is 11.3 Å². The molecule has 1 heterocycles. The largest absolute Gasteiger partial charge is 0.444 e. The van der Waals surface area contributed by atoms with Gasteiger partial charge in [-0.05, 0) is 57.5 Å². The second-order valence-electron chi connectivity index (χ2n) is 9.43. The molecule has 3 amide bonds. The van der Waals surface area contributed by atoms with Gasteiger partial charge >= 0.3 is 6.09 Å². The van der Waals surface area contributed by atoms with Crippen LogP contribution in [0, 0.1) is 0 Å². The first-order valence-electron chi connectivity index (χ1n) is 11.4. The van der Waals surface area contributed by atoms with Gasteiger partial charge in [-0.25, -0.2) is 4.79 Å². The van der Waals surface area contributed by atoms with Gasteiger partial charge in [0.25, 0.3) is 17.4 Å². The minimum Gasteiger partial charge on any atom is -0.444 e. The maximum absolute atomic E-state index is 13.1. The van der Waals surface area contributed by atoms with Gasteiger partial charge in [-0.2, -0.15) is 0 Å². The van der Waals surface area contributed by atoms with E-state index in [0.717, 1.165) is 5.56 Å². The van der Waals surface area contributed by atoms with Crippen molar-refractivity contribution >= 4 is 29.5 Å². The van der Waals surface area contributed by atoms with Gasteiger partial charge in [0, 0.05) is 38.2 Å². The van der Waals surface area contributed by atoms with E-state index in [-0.39, 0.29) is 37.4 Å². The Morgan fingerprint density at radius 3 is 2.31 bits per heavy atom. The first kappa shape index (κ1) is 28.9. The number of likely N-dealkylation sites (N-methyl/N-ethyl adjacent to an activating group) is 1. The number of benzene rings is 1. The van der Waals surface area contributed by atoms with Gasteiger partial charge in [-0.1, -0.05) is 23.7 Å². The number of halogens is 1. The van der Waals surface area contributed by atoms with Crippen LogP contribution in [0.2, 0.25) is 5.02 Å². The van der Waals surface area contributed by atoms with Gasteiger partial charge in [0.15, 0.2) is 0 Å². The number of ether oxygens (including phenoxy) is 1.